The summed E-state index contributed by atoms with van der Waals surface area (Å²) in [5.41, 5.74) is 3.41. The predicted molar refractivity (Wildman–Crippen MR) is 278 cm³/mol. The van der Waals surface area contributed by atoms with E-state index in [9.17, 15) is 19.2 Å². The number of amides is 3. The Morgan fingerprint density at radius 1 is 0.690 bits per heavy atom. The Morgan fingerprint density at radius 3 is 1.46 bits per heavy atom. The molecule has 4 aromatic carbocycles. The van der Waals surface area contributed by atoms with Gasteiger partial charge in [-0.2, -0.15) is 0 Å². The van der Waals surface area contributed by atoms with Crippen molar-refractivity contribution in [3.63, 3.8) is 0 Å². The highest BCUT2D eigenvalue weighted by Crippen LogP contribution is 2.61. The predicted octanol–water partition coefficient (Wildman–Crippen LogP) is 9.08. The van der Waals surface area contributed by atoms with Crippen LogP contribution in [0.2, 0.25) is 20.1 Å². The SMILES string of the molecule is CNCCO.C[C@H]1NC(=O)[C@]2(C)CC[C@@H](c3ccc(OCC(=O)N(C)CCO)cc3Cl)[C@H](c3ccc(Cl)cc3)[C@H]12.C[C@H]1NC(=O)[C@]2(C)CC[C@@H](c3ccc(OCC(=O)O)cc3Cl)[C@H](c3ccc(Cl)cc3)[C@H]12. The lowest BCUT2D eigenvalue weighted by Gasteiger charge is -2.46. The molecule has 2 aliphatic carbocycles. The number of hydrogen-bond donors (Lipinski definition) is 6. The van der Waals surface area contributed by atoms with Crippen molar-refractivity contribution in [3.8, 4) is 11.5 Å². The Balaban J connectivity index is 0.000000213. The van der Waals surface area contributed by atoms with Crippen LogP contribution in [0, 0.1) is 22.7 Å². The van der Waals surface area contributed by atoms with E-state index >= 15 is 0 Å². The Labute approximate surface area is 436 Å². The molecule has 71 heavy (non-hydrogen) atoms. The maximum absolute atomic E-state index is 12.9. The summed E-state index contributed by atoms with van der Waals surface area (Å²) in [7, 11) is 3.42. The third kappa shape index (κ3) is 12.6. The summed E-state index contributed by atoms with van der Waals surface area (Å²) in [5.74, 6) is 0.516. The first-order valence-electron chi connectivity index (χ1n) is 24.1. The number of carboxylic acid groups (broad SMARTS) is 1. The normalized spacial score (nSPS) is 27.3. The molecule has 2 saturated carbocycles. The lowest BCUT2D eigenvalue weighted by molar-refractivity contribution is -0.139. The van der Waals surface area contributed by atoms with Crippen LogP contribution in [0.1, 0.15) is 99.3 Å². The first-order valence-corrected chi connectivity index (χ1v) is 25.6. The lowest BCUT2D eigenvalue weighted by Crippen LogP contribution is -2.42. The summed E-state index contributed by atoms with van der Waals surface area (Å²) in [4.78, 5) is 50.1. The van der Waals surface area contributed by atoms with E-state index in [2.05, 4.69) is 55.8 Å². The molecule has 2 aliphatic heterocycles. The van der Waals surface area contributed by atoms with E-state index in [0.717, 1.165) is 47.9 Å². The van der Waals surface area contributed by atoms with Gasteiger partial charge in [-0.15, -0.1) is 0 Å². The van der Waals surface area contributed by atoms with Gasteiger partial charge in [-0.1, -0.05) is 96.6 Å². The quantitative estimate of drug-likeness (QED) is 0.0712. The van der Waals surface area contributed by atoms with Crippen LogP contribution in [0.3, 0.4) is 0 Å². The van der Waals surface area contributed by atoms with Gasteiger partial charge in [0.2, 0.25) is 11.8 Å². The van der Waals surface area contributed by atoms with Crippen LogP contribution in [0.5, 0.6) is 11.5 Å². The second kappa shape index (κ2) is 24.4. The second-order valence-electron chi connectivity index (χ2n) is 19.6. The molecule has 6 N–H and O–H groups in total. The van der Waals surface area contributed by atoms with E-state index in [0.29, 0.717) is 38.1 Å². The van der Waals surface area contributed by atoms with E-state index < -0.39 is 23.4 Å². The lowest BCUT2D eigenvalue weighted by atomic mass is 9.56. The van der Waals surface area contributed by atoms with E-state index in [-0.39, 0.29) is 91.7 Å². The van der Waals surface area contributed by atoms with Crippen molar-refractivity contribution in [2.24, 2.45) is 22.7 Å². The molecule has 10 atom stereocenters. The third-order valence-corrected chi connectivity index (χ3v) is 16.3. The van der Waals surface area contributed by atoms with E-state index in [1.54, 1.807) is 32.3 Å². The molecular weight excluding hydrogens is 990 g/mol. The van der Waals surface area contributed by atoms with Crippen LogP contribution in [0.25, 0.3) is 0 Å². The maximum Gasteiger partial charge on any atom is 0.341 e. The van der Waals surface area contributed by atoms with E-state index in [1.165, 1.54) is 4.90 Å². The average molecular weight is 1060 g/mol. The molecule has 4 aromatic rings. The highest BCUT2D eigenvalue weighted by molar-refractivity contribution is 6.32. The number of aliphatic hydroxyl groups excluding tert-OH is 2. The zero-order valence-corrected chi connectivity index (χ0v) is 44.0. The fourth-order valence-electron chi connectivity index (χ4n) is 11.6. The van der Waals surface area contributed by atoms with Crippen LogP contribution in [-0.2, 0) is 19.2 Å². The third-order valence-electron chi connectivity index (χ3n) is 15.1. The number of ether oxygens (including phenoxy) is 2. The number of nitrogens with one attached hydrogen (secondary N) is 3. The summed E-state index contributed by atoms with van der Waals surface area (Å²) < 4.78 is 11.0. The van der Waals surface area contributed by atoms with Gasteiger partial charge in [0.05, 0.1) is 24.0 Å². The fourth-order valence-corrected chi connectivity index (χ4v) is 12.5. The van der Waals surface area contributed by atoms with Crippen LogP contribution >= 0.6 is 46.4 Å². The second-order valence-corrected chi connectivity index (χ2v) is 21.2. The minimum Gasteiger partial charge on any atom is -0.484 e. The minimum atomic E-state index is -1.04. The molecule has 0 aromatic heterocycles. The molecule has 0 radical (unpaired) electrons. The van der Waals surface area contributed by atoms with Crippen molar-refractivity contribution in [3.05, 3.63) is 127 Å². The number of fused-ring (bicyclic) bond motifs is 2. The molecule has 2 saturated heterocycles. The van der Waals surface area contributed by atoms with Crippen molar-refractivity contribution in [2.75, 3.05) is 53.6 Å². The topological polar surface area (TPSA) is 187 Å². The van der Waals surface area contributed by atoms with Gasteiger partial charge < -0.3 is 45.6 Å². The maximum atomic E-state index is 12.9. The van der Waals surface area contributed by atoms with Gasteiger partial charge in [0.25, 0.3) is 5.91 Å². The molecule has 4 fully saturated rings. The summed E-state index contributed by atoms with van der Waals surface area (Å²) in [6, 6.07) is 26.8. The molecule has 13 nitrogen and oxygen atoms in total. The Kier molecular flexibility index (Phi) is 19.2. The molecule has 3 amide bonds. The molecule has 2 heterocycles. The van der Waals surface area contributed by atoms with E-state index in [1.807, 2.05) is 54.6 Å². The number of nitrogens with zero attached hydrogens (tertiary/aromatic N) is 1. The summed E-state index contributed by atoms with van der Waals surface area (Å²) >= 11 is 25.8. The zero-order valence-electron chi connectivity index (χ0n) is 41.0. The number of halogens is 4. The number of carboxylic acids is 1. The van der Waals surface area contributed by atoms with Gasteiger partial charge in [0.15, 0.2) is 13.2 Å². The molecule has 8 rings (SSSR count). The number of hydrogen-bond acceptors (Lipinski definition) is 9. The number of carbonyl (C=O) groups is 4. The van der Waals surface area contributed by atoms with Gasteiger partial charge in [-0.3, -0.25) is 14.4 Å². The number of benzene rings is 4. The number of likely N-dealkylation sites (N-methyl/N-ethyl adjacent to an activating group) is 2. The van der Waals surface area contributed by atoms with Gasteiger partial charge in [-0.05, 0) is 141 Å². The summed E-state index contributed by atoms with van der Waals surface area (Å²) in [5, 5.41) is 37.4. The monoisotopic (exact) mass is 1050 g/mol. The Bertz CT molecular complexity index is 2500. The molecule has 0 unspecified atom stereocenters. The van der Waals surface area contributed by atoms with Gasteiger partial charge in [-0.25, -0.2) is 4.79 Å². The first-order chi connectivity index (χ1) is 33.8. The fraction of sp³-hybridized carbons (Fsp3) is 0.481. The van der Waals surface area contributed by atoms with Crippen molar-refractivity contribution in [1.29, 1.82) is 0 Å². The van der Waals surface area contributed by atoms with Crippen molar-refractivity contribution in [2.45, 2.75) is 89.1 Å². The van der Waals surface area contributed by atoms with Crippen molar-refractivity contribution in [1.82, 2.24) is 20.9 Å². The highest BCUT2D eigenvalue weighted by atomic mass is 35.5. The zero-order chi connectivity index (χ0) is 51.8. The average Bonchev–Trinajstić information content (AvgIpc) is 3.71. The number of aliphatic carboxylic acids is 1. The molecule has 17 heteroatoms. The van der Waals surface area contributed by atoms with Crippen LogP contribution in [0.4, 0.5) is 0 Å². The van der Waals surface area contributed by atoms with Gasteiger partial charge >= 0.3 is 5.97 Å². The van der Waals surface area contributed by atoms with Crippen molar-refractivity contribution < 1.29 is 44.0 Å². The Hall–Kier alpha value is -4.60. The number of aliphatic hydroxyl groups is 2. The standard InChI is InChI=1S/C27H32Cl2N2O4.C24H25Cl2NO4.C3H9NO/c1-16-25-24(17-4-6-18(28)7-5-17)21(10-11-27(25,2)26(34)30-16)20-9-8-19(14-22(20)29)35-15-23(33)31(3)12-13-32;1-13-22-21(14-3-5-15(25)6-4-14)18(9-10-24(22,2)23(30)27-13)17-8-7-16(11-19(17)26)31-12-20(28)29;1-4-2-3-5/h4-9,14,16,21,24-25,32H,10-13,15H2,1-3H3,(H,30,34);3-8,11,13,18,21-22H,9-10,12H2,1-2H3,(H,27,30)(H,28,29);4-5H,2-3H2,1H3/t16-,21+,24+,25+,27-;13-,18+,21+,22+,24-;/m11./s1. The van der Waals surface area contributed by atoms with Gasteiger partial charge in [0, 0.05) is 64.1 Å². The molecule has 4 aliphatic rings. The number of carbonyl (C=O) groups excluding carboxylic acids is 3. The number of rotatable bonds is 14. The molecule has 0 bridgehead atoms. The van der Waals surface area contributed by atoms with Gasteiger partial charge in [0.1, 0.15) is 11.5 Å². The Morgan fingerprint density at radius 2 is 1.11 bits per heavy atom. The van der Waals surface area contributed by atoms with Crippen LogP contribution in [0.15, 0.2) is 84.9 Å². The summed E-state index contributed by atoms with van der Waals surface area (Å²) in [6.45, 7) is 8.85. The molecular formula is C54H66Cl4N4O9. The smallest absolute Gasteiger partial charge is 0.341 e. The van der Waals surface area contributed by atoms with Crippen LogP contribution in [-0.4, -0.2) is 110 Å². The first kappa shape index (κ1) is 55.7. The van der Waals surface area contributed by atoms with E-state index in [4.69, 9.17) is 71.2 Å². The molecule has 384 valence electrons. The minimum absolute atomic E-state index is 0.0397. The van der Waals surface area contributed by atoms with Crippen molar-refractivity contribution >= 4 is 70.1 Å². The summed E-state index contributed by atoms with van der Waals surface area (Å²) in [6.07, 6.45) is 3.19. The largest absolute Gasteiger partial charge is 0.484 e. The highest BCUT2D eigenvalue weighted by Gasteiger charge is 2.59. The molecule has 0 spiro atoms. The van der Waals surface area contributed by atoms with Crippen LogP contribution < -0.4 is 25.4 Å².